The Balaban J connectivity index is 1.87. The average Bonchev–Trinajstić information content (AvgIpc) is 2.71. The fourth-order valence-electron chi connectivity index (χ4n) is 2.27. The molecule has 2 aromatic rings. The van der Waals surface area contributed by atoms with Gasteiger partial charge in [0.05, 0.1) is 5.56 Å². The summed E-state index contributed by atoms with van der Waals surface area (Å²) in [5, 5.41) is 9.91. The van der Waals surface area contributed by atoms with Crippen molar-refractivity contribution >= 4 is 16.8 Å². The molecule has 1 saturated heterocycles. The number of amides is 1. The molecule has 1 aliphatic heterocycles. The Morgan fingerprint density at radius 1 is 1.41 bits per heavy atom. The summed E-state index contributed by atoms with van der Waals surface area (Å²) >= 11 is 0. The van der Waals surface area contributed by atoms with E-state index in [1.165, 1.54) is 0 Å². The first-order valence-corrected chi connectivity index (χ1v) is 5.76. The van der Waals surface area contributed by atoms with Crippen LogP contribution in [-0.4, -0.2) is 40.6 Å². The number of aliphatic hydroxyl groups excluding tert-OH is 1. The molecule has 4 heteroatoms. The minimum Gasteiger partial charge on any atom is -0.396 e. The SMILES string of the molecule is O=C(c1c[nH]c2ccccc12)N1CC(CO)C1. The van der Waals surface area contributed by atoms with Gasteiger partial charge in [0.15, 0.2) is 0 Å². The second-order valence-electron chi connectivity index (χ2n) is 4.51. The number of benzene rings is 1. The predicted octanol–water partition coefficient (Wildman–Crippen LogP) is 1.23. The molecule has 1 fully saturated rings. The molecule has 17 heavy (non-hydrogen) atoms. The first-order valence-electron chi connectivity index (χ1n) is 5.76. The molecule has 0 radical (unpaired) electrons. The molecule has 4 nitrogen and oxygen atoms in total. The summed E-state index contributed by atoms with van der Waals surface area (Å²) < 4.78 is 0. The summed E-state index contributed by atoms with van der Waals surface area (Å²) in [5.74, 6) is 0.302. The molecule has 88 valence electrons. The van der Waals surface area contributed by atoms with Gasteiger partial charge >= 0.3 is 0 Å². The lowest BCUT2D eigenvalue weighted by Crippen LogP contribution is -2.51. The number of aromatic amines is 1. The summed E-state index contributed by atoms with van der Waals surface area (Å²) in [4.78, 5) is 17.1. The second-order valence-corrected chi connectivity index (χ2v) is 4.51. The van der Waals surface area contributed by atoms with Crippen molar-refractivity contribution in [3.8, 4) is 0 Å². The van der Waals surface area contributed by atoms with Gasteiger partial charge in [0.25, 0.3) is 5.91 Å². The van der Waals surface area contributed by atoms with Gasteiger partial charge in [-0.25, -0.2) is 0 Å². The van der Waals surface area contributed by atoms with Gasteiger partial charge < -0.3 is 15.0 Å². The molecule has 0 spiro atoms. The molecular weight excluding hydrogens is 216 g/mol. The van der Waals surface area contributed by atoms with E-state index in [2.05, 4.69) is 4.98 Å². The van der Waals surface area contributed by atoms with Crippen LogP contribution in [0, 0.1) is 5.92 Å². The number of fused-ring (bicyclic) bond motifs is 1. The van der Waals surface area contributed by atoms with Crippen LogP contribution in [0.4, 0.5) is 0 Å². The number of H-pyrrole nitrogens is 1. The standard InChI is InChI=1S/C13H14N2O2/c16-8-9-6-15(7-9)13(17)11-5-14-12-4-2-1-3-10(11)12/h1-5,9,14,16H,6-8H2. The van der Waals surface area contributed by atoms with Crippen molar-refractivity contribution in [2.24, 2.45) is 5.92 Å². The Kier molecular flexibility index (Phi) is 2.37. The van der Waals surface area contributed by atoms with E-state index in [9.17, 15) is 4.79 Å². The largest absolute Gasteiger partial charge is 0.396 e. The van der Waals surface area contributed by atoms with E-state index in [-0.39, 0.29) is 18.4 Å². The van der Waals surface area contributed by atoms with E-state index in [1.54, 1.807) is 11.1 Å². The molecule has 3 rings (SSSR count). The lowest BCUT2D eigenvalue weighted by Gasteiger charge is -2.38. The topological polar surface area (TPSA) is 56.3 Å². The normalized spacial score (nSPS) is 16.2. The van der Waals surface area contributed by atoms with E-state index in [0.717, 1.165) is 16.5 Å². The summed E-state index contributed by atoms with van der Waals surface area (Å²) in [6.07, 6.45) is 1.76. The molecule has 0 unspecified atom stereocenters. The number of aliphatic hydroxyl groups is 1. The Labute approximate surface area is 98.9 Å². The molecule has 1 aliphatic rings. The van der Waals surface area contributed by atoms with Crippen molar-refractivity contribution in [1.82, 2.24) is 9.88 Å². The summed E-state index contributed by atoms with van der Waals surface area (Å²) in [7, 11) is 0. The van der Waals surface area contributed by atoms with Crippen LogP contribution in [-0.2, 0) is 0 Å². The summed E-state index contributed by atoms with van der Waals surface area (Å²) in [6.45, 7) is 1.49. The zero-order valence-electron chi connectivity index (χ0n) is 9.39. The molecule has 1 aromatic heterocycles. The van der Waals surface area contributed by atoms with Gasteiger partial charge in [0.1, 0.15) is 0 Å². The van der Waals surface area contributed by atoms with Gasteiger partial charge in [-0.1, -0.05) is 18.2 Å². The van der Waals surface area contributed by atoms with Crippen molar-refractivity contribution in [2.45, 2.75) is 0 Å². The Hall–Kier alpha value is -1.81. The molecule has 0 bridgehead atoms. The number of para-hydroxylation sites is 1. The zero-order chi connectivity index (χ0) is 11.8. The van der Waals surface area contributed by atoms with Crippen LogP contribution in [0.15, 0.2) is 30.5 Å². The molecule has 0 aliphatic carbocycles. The monoisotopic (exact) mass is 230 g/mol. The number of carbonyl (C=O) groups is 1. The van der Waals surface area contributed by atoms with Crippen LogP contribution in [0.3, 0.4) is 0 Å². The Bertz CT molecular complexity index is 555. The van der Waals surface area contributed by atoms with Gasteiger partial charge in [-0.15, -0.1) is 0 Å². The van der Waals surface area contributed by atoms with E-state index in [4.69, 9.17) is 5.11 Å². The van der Waals surface area contributed by atoms with Crippen molar-refractivity contribution in [3.63, 3.8) is 0 Å². The average molecular weight is 230 g/mol. The van der Waals surface area contributed by atoms with Crippen molar-refractivity contribution in [3.05, 3.63) is 36.0 Å². The number of rotatable bonds is 2. The van der Waals surface area contributed by atoms with Crippen molar-refractivity contribution < 1.29 is 9.90 Å². The maximum atomic E-state index is 12.2. The maximum Gasteiger partial charge on any atom is 0.256 e. The molecule has 1 amide bonds. The second kappa shape index (κ2) is 3.89. The van der Waals surface area contributed by atoms with Crippen LogP contribution in [0.5, 0.6) is 0 Å². The third-order valence-corrected chi connectivity index (χ3v) is 3.32. The summed E-state index contributed by atoms with van der Waals surface area (Å²) in [6, 6.07) is 7.78. The first kappa shape index (κ1) is 10.4. The van der Waals surface area contributed by atoms with Gasteiger partial charge in [0, 0.05) is 42.7 Å². The summed E-state index contributed by atoms with van der Waals surface area (Å²) in [5.41, 5.74) is 1.70. The Morgan fingerprint density at radius 2 is 2.18 bits per heavy atom. The number of likely N-dealkylation sites (tertiary alicyclic amines) is 1. The van der Waals surface area contributed by atoms with E-state index in [1.807, 2.05) is 24.3 Å². The van der Waals surface area contributed by atoms with Gasteiger partial charge in [0.2, 0.25) is 0 Å². The fourth-order valence-corrected chi connectivity index (χ4v) is 2.27. The van der Waals surface area contributed by atoms with E-state index >= 15 is 0 Å². The van der Waals surface area contributed by atoms with Gasteiger partial charge in [-0.05, 0) is 6.07 Å². The first-order chi connectivity index (χ1) is 8.29. The van der Waals surface area contributed by atoms with E-state index < -0.39 is 0 Å². The third kappa shape index (κ3) is 1.61. The number of hydrogen-bond donors (Lipinski definition) is 2. The minimum atomic E-state index is 0.0483. The van der Waals surface area contributed by atoms with Gasteiger partial charge in [-0.3, -0.25) is 4.79 Å². The number of nitrogens with zero attached hydrogens (tertiary/aromatic N) is 1. The minimum absolute atomic E-state index is 0.0483. The van der Waals surface area contributed by atoms with Crippen molar-refractivity contribution in [2.75, 3.05) is 19.7 Å². The van der Waals surface area contributed by atoms with Crippen molar-refractivity contribution in [1.29, 1.82) is 0 Å². The molecule has 1 aromatic carbocycles. The fraction of sp³-hybridized carbons (Fsp3) is 0.308. The lowest BCUT2D eigenvalue weighted by molar-refractivity contribution is 0.0364. The quantitative estimate of drug-likeness (QED) is 0.815. The number of carbonyl (C=O) groups excluding carboxylic acids is 1. The highest BCUT2D eigenvalue weighted by molar-refractivity contribution is 6.06. The van der Waals surface area contributed by atoms with Crippen LogP contribution >= 0.6 is 0 Å². The van der Waals surface area contributed by atoms with Crippen LogP contribution < -0.4 is 0 Å². The molecule has 2 heterocycles. The van der Waals surface area contributed by atoms with E-state index in [0.29, 0.717) is 13.1 Å². The highest BCUT2D eigenvalue weighted by atomic mass is 16.3. The number of aromatic nitrogens is 1. The molecule has 0 saturated carbocycles. The molecule has 0 atom stereocenters. The van der Waals surface area contributed by atoms with Crippen LogP contribution in [0.25, 0.3) is 10.9 Å². The van der Waals surface area contributed by atoms with Crippen LogP contribution in [0.2, 0.25) is 0 Å². The molecule has 2 N–H and O–H groups in total. The van der Waals surface area contributed by atoms with Crippen LogP contribution in [0.1, 0.15) is 10.4 Å². The highest BCUT2D eigenvalue weighted by Crippen LogP contribution is 2.23. The molecular formula is C13H14N2O2. The Morgan fingerprint density at radius 3 is 2.94 bits per heavy atom. The maximum absolute atomic E-state index is 12.2. The van der Waals surface area contributed by atoms with Gasteiger partial charge in [-0.2, -0.15) is 0 Å². The third-order valence-electron chi connectivity index (χ3n) is 3.32. The number of nitrogens with one attached hydrogen (secondary N) is 1. The predicted molar refractivity (Wildman–Crippen MR) is 64.8 cm³/mol. The lowest BCUT2D eigenvalue weighted by atomic mass is 10.00. The highest BCUT2D eigenvalue weighted by Gasteiger charge is 2.31. The smallest absolute Gasteiger partial charge is 0.256 e. The number of hydrogen-bond acceptors (Lipinski definition) is 2. The zero-order valence-corrected chi connectivity index (χ0v) is 9.39.